The number of imidazole rings is 1. The van der Waals surface area contributed by atoms with Gasteiger partial charge < -0.3 is 10.3 Å². The van der Waals surface area contributed by atoms with Crippen molar-refractivity contribution in [1.29, 1.82) is 0 Å². The Morgan fingerprint density at radius 2 is 2.00 bits per heavy atom. The summed E-state index contributed by atoms with van der Waals surface area (Å²) in [5.41, 5.74) is 7.19. The lowest BCUT2D eigenvalue weighted by molar-refractivity contribution is 0.630. The summed E-state index contributed by atoms with van der Waals surface area (Å²) in [5.74, 6) is 0.842. The van der Waals surface area contributed by atoms with E-state index in [9.17, 15) is 0 Å². The topological polar surface area (TPSA) is 69.6 Å². The summed E-state index contributed by atoms with van der Waals surface area (Å²) in [4.78, 5) is 12.3. The minimum Gasteiger partial charge on any atom is -0.382 e. The van der Waals surface area contributed by atoms with Crippen LogP contribution >= 0.6 is 0 Å². The zero-order valence-electron chi connectivity index (χ0n) is 8.61. The second kappa shape index (κ2) is 3.44. The number of nitrogen functional groups attached to an aromatic ring is 1. The molecule has 0 unspecified atom stereocenters. The number of aromatic nitrogens is 4. The molecule has 0 saturated heterocycles. The molecule has 0 atom stereocenters. The van der Waals surface area contributed by atoms with Crippen LogP contribution in [0.2, 0.25) is 0 Å². The summed E-state index contributed by atoms with van der Waals surface area (Å²) in [6.45, 7) is 0.833. The fourth-order valence-electron chi connectivity index (χ4n) is 1.86. The van der Waals surface area contributed by atoms with Crippen LogP contribution in [0.1, 0.15) is 0 Å². The Balaban J connectivity index is 2.01. The molecule has 0 saturated carbocycles. The normalized spacial score (nSPS) is 15.2. The van der Waals surface area contributed by atoms with E-state index >= 15 is 0 Å². The molecule has 2 heterocycles. The van der Waals surface area contributed by atoms with Crippen molar-refractivity contribution < 1.29 is 0 Å². The van der Waals surface area contributed by atoms with Gasteiger partial charge in [-0.2, -0.15) is 0 Å². The number of hydrogen-bond acceptors (Lipinski definition) is 4. The number of rotatable bonds is 2. The number of hydrogen-bond donors (Lipinski definition) is 1. The van der Waals surface area contributed by atoms with E-state index in [2.05, 4.69) is 27.1 Å². The van der Waals surface area contributed by atoms with Crippen LogP contribution in [0.4, 0.5) is 5.82 Å². The number of nitrogens with zero attached hydrogens (tertiary/aromatic N) is 4. The number of nitrogens with two attached hydrogens (primary N) is 1. The van der Waals surface area contributed by atoms with Crippen LogP contribution in [0.15, 0.2) is 37.0 Å². The fraction of sp³-hybridized carbons (Fsp3) is 0.182. The molecule has 1 aliphatic rings. The van der Waals surface area contributed by atoms with E-state index in [1.807, 2.05) is 16.7 Å². The highest BCUT2D eigenvalue weighted by Crippen LogP contribution is 2.18. The molecule has 0 fully saturated rings. The van der Waals surface area contributed by atoms with Crippen LogP contribution in [-0.2, 0) is 6.54 Å². The molecule has 0 spiro atoms. The average Bonchev–Trinajstić information content (AvgIpc) is 2.90. The van der Waals surface area contributed by atoms with Crippen LogP contribution in [0.3, 0.4) is 0 Å². The minimum absolute atomic E-state index is 0.411. The first-order valence-electron chi connectivity index (χ1n) is 5.11. The molecule has 0 radical (unpaired) electrons. The van der Waals surface area contributed by atoms with Crippen molar-refractivity contribution in [1.82, 2.24) is 19.5 Å². The largest absolute Gasteiger partial charge is 0.382 e. The number of anilines is 1. The predicted octanol–water partition coefficient (Wildman–Crippen LogP) is 1.15. The van der Waals surface area contributed by atoms with Gasteiger partial charge >= 0.3 is 0 Å². The molecule has 0 aliphatic heterocycles. The molecule has 5 heteroatoms. The maximum absolute atomic E-state index is 5.72. The summed E-state index contributed by atoms with van der Waals surface area (Å²) in [6, 6.07) is 0. The van der Waals surface area contributed by atoms with Gasteiger partial charge in [-0.05, 0) is 0 Å². The van der Waals surface area contributed by atoms with Gasteiger partial charge in [0.25, 0.3) is 0 Å². The van der Waals surface area contributed by atoms with Crippen LogP contribution in [0.25, 0.3) is 11.2 Å². The average molecular weight is 213 g/mol. The van der Waals surface area contributed by atoms with Crippen molar-refractivity contribution in [2.45, 2.75) is 6.54 Å². The van der Waals surface area contributed by atoms with Gasteiger partial charge in [-0.25, -0.2) is 15.0 Å². The first-order valence-corrected chi connectivity index (χ1v) is 5.11. The monoisotopic (exact) mass is 213 g/mol. The van der Waals surface area contributed by atoms with Crippen LogP contribution in [0, 0.1) is 5.92 Å². The maximum Gasteiger partial charge on any atom is 0.165 e. The summed E-state index contributed by atoms with van der Waals surface area (Å²) in [6.07, 6.45) is 11.6. The Labute approximate surface area is 92.3 Å². The third-order valence-electron chi connectivity index (χ3n) is 2.66. The first kappa shape index (κ1) is 9.08. The SMILES string of the molecule is Nc1ncnc2c1ncn2CC1C=CC=C1. The third-order valence-corrected chi connectivity index (χ3v) is 2.66. The Morgan fingerprint density at radius 1 is 1.19 bits per heavy atom. The standard InChI is InChI=1S/C11H11N5/c12-10-9-11(14-6-13-10)16(7-15-9)5-8-3-1-2-4-8/h1-4,6-8H,5H2,(H2,12,13,14). The van der Waals surface area contributed by atoms with E-state index < -0.39 is 0 Å². The van der Waals surface area contributed by atoms with E-state index in [0.717, 1.165) is 12.2 Å². The van der Waals surface area contributed by atoms with Gasteiger partial charge in [0, 0.05) is 12.5 Å². The molecule has 0 aromatic carbocycles. The zero-order valence-corrected chi connectivity index (χ0v) is 8.61. The second-order valence-electron chi connectivity index (χ2n) is 3.76. The van der Waals surface area contributed by atoms with Crippen molar-refractivity contribution in [3.8, 4) is 0 Å². The van der Waals surface area contributed by atoms with Crippen molar-refractivity contribution in [3.05, 3.63) is 37.0 Å². The van der Waals surface area contributed by atoms with Gasteiger partial charge in [0.05, 0.1) is 6.33 Å². The Hall–Kier alpha value is -2.17. The molecule has 80 valence electrons. The molecule has 16 heavy (non-hydrogen) atoms. The number of allylic oxidation sites excluding steroid dienone is 4. The van der Waals surface area contributed by atoms with Gasteiger partial charge in [0.15, 0.2) is 11.5 Å². The lowest BCUT2D eigenvalue weighted by Gasteiger charge is -2.06. The summed E-state index contributed by atoms with van der Waals surface area (Å²) >= 11 is 0. The molecular weight excluding hydrogens is 202 g/mol. The zero-order chi connectivity index (χ0) is 11.0. The van der Waals surface area contributed by atoms with Gasteiger partial charge in [-0.15, -0.1) is 0 Å². The maximum atomic E-state index is 5.72. The molecule has 0 amide bonds. The summed E-state index contributed by atoms with van der Waals surface area (Å²) < 4.78 is 2.00. The van der Waals surface area contributed by atoms with Gasteiger partial charge in [-0.1, -0.05) is 24.3 Å². The first-order chi connectivity index (χ1) is 7.84. The lowest BCUT2D eigenvalue weighted by Crippen LogP contribution is -2.05. The summed E-state index contributed by atoms with van der Waals surface area (Å²) in [7, 11) is 0. The highest BCUT2D eigenvalue weighted by molar-refractivity contribution is 5.81. The quantitative estimate of drug-likeness (QED) is 0.812. The molecule has 0 bridgehead atoms. The Morgan fingerprint density at radius 3 is 2.81 bits per heavy atom. The smallest absolute Gasteiger partial charge is 0.165 e. The Kier molecular flexibility index (Phi) is 1.96. The van der Waals surface area contributed by atoms with Crippen LogP contribution < -0.4 is 5.73 Å². The lowest BCUT2D eigenvalue weighted by atomic mass is 10.2. The van der Waals surface area contributed by atoms with Crippen molar-refractivity contribution in [3.63, 3.8) is 0 Å². The molecule has 3 rings (SSSR count). The highest BCUT2D eigenvalue weighted by atomic mass is 15.1. The minimum atomic E-state index is 0.411. The second-order valence-corrected chi connectivity index (χ2v) is 3.76. The van der Waals surface area contributed by atoms with E-state index in [4.69, 9.17) is 5.73 Å². The molecule has 2 aromatic rings. The Bertz CT molecular complexity index is 569. The summed E-state index contributed by atoms with van der Waals surface area (Å²) in [5, 5.41) is 0. The third kappa shape index (κ3) is 1.37. The predicted molar refractivity (Wildman–Crippen MR) is 61.5 cm³/mol. The van der Waals surface area contributed by atoms with Gasteiger partial charge in [-0.3, -0.25) is 0 Å². The molecule has 5 nitrogen and oxygen atoms in total. The van der Waals surface area contributed by atoms with Crippen LogP contribution in [0.5, 0.6) is 0 Å². The van der Waals surface area contributed by atoms with E-state index in [-0.39, 0.29) is 0 Å². The van der Waals surface area contributed by atoms with Crippen molar-refractivity contribution in [2.24, 2.45) is 5.92 Å². The van der Waals surface area contributed by atoms with E-state index in [1.54, 1.807) is 6.33 Å². The molecular formula is C11H11N5. The highest BCUT2D eigenvalue weighted by Gasteiger charge is 2.10. The molecule has 2 aromatic heterocycles. The molecule has 1 aliphatic carbocycles. The van der Waals surface area contributed by atoms with E-state index in [1.165, 1.54) is 6.33 Å². The van der Waals surface area contributed by atoms with Gasteiger partial charge in [0.2, 0.25) is 0 Å². The van der Waals surface area contributed by atoms with Crippen LogP contribution in [-0.4, -0.2) is 19.5 Å². The van der Waals surface area contributed by atoms with Crippen molar-refractivity contribution in [2.75, 3.05) is 5.73 Å². The fourth-order valence-corrected chi connectivity index (χ4v) is 1.86. The number of fused-ring (bicyclic) bond motifs is 1. The van der Waals surface area contributed by atoms with Gasteiger partial charge in [0.1, 0.15) is 11.8 Å². The van der Waals surface area contributed by atoms with E-state index in [0.29, 0.717) is 17.3 Å². The van der Waals surface area contributed by atoms with Crippen molar-refractivity contribution >= 4 is 17.0 Å². The molecule has 2 N–H and O–H groups in total.